The summed E-state index contributed by atoms with van der Waals surface area (Å²) >= 11 is 0. The van der Waals surface area contributed by atoms with Gasteiger partial charge in [-0.15, -0.1) is 0 Å². The summed E-state index contributed by atoms with van der Waals surface area (Å²) in [6, 6.07) is 8.88. The molecule has 0 radical (unpaired) electrons. The van der Waals surface area contributed by atoms with Crippen LogP contribution in [0.1, 0.15) is 18.9 Å². The van der Waals surface area contributed by atoms with Gasteiger partial charge in [0.2, 0.25) is 5.91 Å². The number of nitrogens with zero attached hydrogens (tertiary/aromatic N) is 2. The minimum absolute atomic E-state index is 0.0883. The maximum absolute atomic E-state index is 12.3. The molecular formula is C15H19N3O2. The van der Waals surface area contributed by atoms with E-state index in [1.165, 1.54) is 0 Å². The predicted molar refractivity (Wildman–Crippen MR) is 76.3 cm³/mol. The number of carbonyl (C=O) groups excluding carboxylic acids is 1. The van der Waals surface area contributed by atoms with E-state index < -0.39 is 0 Å². The molecule has 0 aliphatic carbocycles. The lowest BCUT2D eigenvalue weighted by Gasteiger charge is -2.26. The van der Waals surface area contributed by atoms with Crippen molar-refractivity contribution in [3.63, 3.8) is 0 Å². The number of carbonyl (C=O) groups is 1. The SMILES string of the molecule is CC(C(=O)Nc1ccccc1C#N)N1CCCOCC1. The second-order valence-electron chi connectivity index (χ2n) is 4.82. The summed E-state index contributed by atoms with van der Waals surface area (Å²) < 4.78 is 5.39. The molecule has 5 nitrogen and oxygen atoms in total. The molecule has 1 saturated heterocycles. The Labute approximate surface area is 119 Å². The first-order valence-corrected chi connectivity index (χ1v) is 6.84. The van der Waals surface area contributed by atoms with E-state index in [1.54, 1.807) is 24.3 Å². The van der Waals surface area contributed by atoms with E-state index in [2.05, 4.69) is 16.3 Å². The van der Waals surface area contributed by atoms with Crippen molar-refractivity contribution in [1.29, 1.82) is 5.26 Å². The monoisotopic (exact) mass is 273 g/mol. The van der Waals surface area contributed by atoms with Crippen molar-refractivity contribution in [1.82, 2.24) is 4.90 Å². The second kappa shape index (κ2) is 7.04. The molecule has 1 aromatic rings. The third-order valence-electron chi connectivity index (χ3n) is 3.49. The largest absolute Gasteiger partial charge is 0.380 e. The van der Waals surface area contributed by atoms with Crippen LogP contribution in [0, 0.1) is 11.3 Å². The molecule has 1 N–H and O–H groups in total. The highest BCUT2D eigenvalue weighted by Gasteiger charge is 2.22. The van der Waals surface area contributed by atoms with E-state index >= 15 is 0 Å². The van der Waals surface area contributed by atoms with Crippen LogP contribution in [0.4, 0.5) is 5.69 Å². The fourth-order valence-corrected chi connectivity index (χ4v) is 2.25. The number of anilines is 1. The molecule has 106 valence electrons. The Bertz CT molecular complexity index is 502. The van der Waals surface area contributed by atoms with Crippen molar-refractivity contribution >= 4 is 11.6 Å². The van der Waals surface area contributed by atoms with Crippen LogP contribution in [-0.2, 0) is 9.53 Å². The Hall–Kier alpha value is -1.90. The summed E-state index contributed by atoms with van der Waals surface area (Å²) in [5.74, 6) is -0.0883. The Kier molecular flexibility index (Phi) is 5.10. The van der Waals surface area contributed by atoms with Gasteiger partial charge >= 0.3 is 0 Å². The van der Waals surface area contributed by atoms with Crippen LogP contribution in [-0.4, -0.2) is 43.2 Å². The fourth-order valence-electron chi connectivity index (χ4n) is 2.25. The molecule has 20 heavy (non-hydrogen) atoms. The lowest BCUT2D eigenvalue weighted by Crippen LogP contribution is -2.43. The highest BCUT2D eigenvalue weighted by atomic mass is 16.5. The Morgan fingerprint density at radius 2 is 2.20 bits per heavy atom. The Balaban J connectivity index is 2.02. The van der Waals surface area contributed by atoms with Crippen LogP contribution < -0.4 is 5.32 Å². The van der Waals surface area contributed by atoms with E-state index in [4.69, 9.17) is 10.00 Å². The first-order valence-electron chi connectivity index (χ1n) is 6.84. The zero-order valence-corrected chi connectivity index (χ0v) is 11.6. The number of benzene rings is 1. The number of rotatable bonds is 3. The molecule has 0 aromatic heterocycles. The van der Waals surface area contributed by atoms with E-state index in [0.717, 1.165) is 26.1 Å². The van der Waals surface area contributed by atoms with Gasteiger partial charge in [0.25, 0.3) is 0 Å². The van der Waals surface area contributed by atoms with E-state index in [-0.39, 0.29) is 11.9 Å². The number of para-hydroxylation sites is 1. The topological polar surface area (TPSA) is 65.4 Å². The molecule has 1 heterocycles. The predicted octanol–water partition coefficient (Wildman–Crippen LogP) is 1.61. The van der Waals surface area contributed by atoms with Crippen LogP contribution in [0.3, 0.4) is 0 Å². The standard InChI is InChI=1S/C15H19N3O2/c1-12(18-7-4-9-20-10-8-18)15(19)17-14-6-3-2-5-13(14)11-16/h2-3,5-6,12H,4,7-10H2,1H3,(H,17,19). The lowest BCUT2D eigenvalue weighted by molar-refractivity contribution is -0.120. The van der Waals surface area contributed by atoms with Gasteiger partial charge in [-0.25, -0.2) is 0 Å². The molecule has 1 aliphatic rings. The van der Waals surface area contributed by atoms with Gasteiger partial charge in [0, 0.05) is 19.7 Å². The fraction of sp³-hybridized carbons (Fsp3) is 0.467. The van der Waals surface area contributed by atoms with Crippen LogP contribution in [0.5, 0.6) is 0 Å². The van der Waals surface area contributed by atoms with Gasteiger partial charge in [-0.1, -0.05) is 12.1 Å². The molecule has 2 rings (SSSR count). The quantitative estimate of drug-likeness (QED) is 0.908. The second-order valence-corrected chi connectivity index (χ2v) is 4.82. The maximum Gasteiger partial charge on any atom is 0.241 e. The highest BCUT2D eigenvalue weighted by Crippen LogP contribution is 2.15. The minimum Gasteiger partial charge on any atom is -0.380 e. The molecule has 1 aromatic carbocycles. The van der Waals surface area contributed by atoms with Gasteiger partial charge < -0.3 is 10.1 Å². The number of nitriles is 1. The van der Waals surface area contributed by atoms with Gasteiger partial charge in [-0.3, -0.25) is 9.69 Å². The first-order chi connectivity index (χ1) is 9.72. The van der Waals surface area contributed by atoms with Crippen LogP contribution in [0.15, 0.2) is 24.3 Å². The highest BCUT2D eigenvalue weighted by molar-refractivity contribution is 5.95. The van der Waals surface area contributed by atoms with Crippen molar-refractivity contribution in [2.45, 2.75) is 19.4 Å². The number of hydrogen-bond donors (Lipinski definition) is 1. The third-order valence-corrected chi connectivity index (χ3v) is 3.49. The summed E-state index contributed by atoms with van der Waals surface area (Å²) in [6.45, 7) is 4.91. The van der Waals surface area contributed by atoms with E-state index in [1.807, 2.05) is 6.92 Å². The number of amides is 1. The number of hydrogen-bond acceptors (Lipinski definition) is 4. The van der Waals surface area contributed by atoms with E-state index in [0.29, 0.717) is 17.9 Å². The first kappa shape index (κ1) is 14.5. The zero-order chi connectivity index (χ0) is 14.4. The van der Waals surface area contributed by atoms with Crippen LogP contribution in [0.2, 0.25) is 0 Å². The van der Waals surface area contributed by atoms with Crippen molar-refractivity contribution < 1.29 is 9.53 Å². The number of nitrogens with one attached hydrogen (secondary N) is 1. The smallest absolute Gasteiger partial charge is 0.241 e. The summed E-state index contributed by atoms with van der Waals surface area (Å²) in [5, 5.41) is 11.9. The minimum atomic E-state index is -0.233. The molecule has 1 fully saturated rings. The number of ether oxygens (including phenoxy) is 1. The zero-order valence-electron chi connectivity index (χ0n) is 11.6. The molecule has 1 amide bonds. The Morgan fingerprint density at radius 1 is 1.40 bits per heavy atom. The molecular weight excluding hydrogens is 254 g/mol. The summed E-state index contributed by atoms with van der Waals surface area (Å²) in [5.41, 5.74) is 1.05. The summed E-state index contributed by atoms with van der Waals surface area (Å²) in [4.78, 5) is 14.4. The van der Waals surface area contributed by atoms with Crippen molar-refractivity contribution in [3.05, 3.63) is 29.8 Å². The van der Waals surface area contributed by atoms with Crippen LogP contribution >= 0.6 is 0 Å². The summed E-state index contributed by atoms with van der Waals surface area (Å²) in [6.07, 6.45) is 0.937. The van der Waals surface area contributed by atoms with Crippen molar-refractivity contribution in [3.8, 4) is 6.07 Å². The molecule has 5 heteroatoms. The average molecular weight is 273 g/mol. The van der Waals surface area contributed by atoms with Crippen molar-refractivity contribution in [2.24, 2.45) is 0 Å². The van der Waals surface area contributed by atoms with Gasteiger partial charge in [0.1, 0.15) is 6.07 Å². The lowest BCUT2D eigenvalue weighted by atomic mass is 10.1. The van der Waals surface area contributed by atoms with Gasteiger partial charge in [0.15, 0.2) is 0 Å². The molecule has 1 unspecified atom stereocenters. The van der Waals surface area contributed by atoms with Gasteiger partial charge in [-0.2, -0.15) is 5.26 Å². The molecule has 0 saturated carbocycles. The molecule has 0 spiro atoms. The van der Waals surface area contributed by atoms with Crippen molar-refractivity contribution in [2.75, 3.05) is 31.6 Å². The van der Waals surface area contributed by atoms with Crippen LogP contribution in [0.25, 0.3) is 0 Å². The Morgan fingerprint density at radius 3 is 3.00 bits per heavy atom. The average Bonchev–Trinajstić information content (AvgIpc) is 2.76. The van der Waals surface area contributed by atoms with Gasteiger partial charge in [0.05, 0.1) is 23.9 Å². The normalized spacial score (nSPS) is 17.8. The van der Waals surface area contributed by atoms with Gasteiger partial charge in [-0.05, 0) is 25.5 Å². The van der Waals surface area contributed by atoms with E-state index in [9.17, 15) is 4.79 Å². The summed E-state index contributed by atoms with van der Waals surface area (Å²) in [7, 11) is 0. The molecule has 0 bridgehead atoms. The molecule has 1 aliphatic heterocycles. The maximum atomic E-state index is 12.3. The third kappa shape index (κ3) is 3.56. The molecule has 1 atom stereocenters.